The zero-order valence-electron chi connectivity index (χ0n) is 23.9. The molecule has 0 amide bonds. The van der Waals surface area contributed by atoms with Crippen LogP contribution in [0.2, 0.25) is 0 Å². The molecular weight excluding hydrogens is 522 g/mol. The summed E-state index contributed by atoms with van der Waals surface area (Å²) in [7, 11) is 0. The standard InChI is InChI=1S/C40H29N3/c1-28-10-8-9-15-37(28)42-25-24-41-40(42)31-16-20-34(21-17-31)43-38-22-18-32(29-11-4-2-5-12-29)26-35(38)36-27-33(19-23-39(36)43)30-13-6-3-7-14-30/h2-27H,1H3. The van der Waals surface area contributed by atoms with Gasteiger partial charge in [0.25, 0.3) is 0 Å². The Balaban J connectivity index is 1.29. The topological polar surface area (TPSA) is 22.8 Å². The number of aryl methyl sites for hydroxylation is 1. The largest absolute Gasteiger partial charge is 0.309 e. The summed E-state index contributed by atoms with van der Waals surface area (Å²) in [5, 5.41) is 2.49. The Morgan fingerprint density at radius 2 is 1.02 bits per heavy atom. The molecular formula is C40H29N3. The minimum absolute atomic E-state index is 0.933. The molecule has 0 bridgehead atoms. The minimum Gasteiger partial charge on any atom is -0.309 e. The molecule has 3 nitrogen and oxygen atoms in total. The second kappa shape index (κ2) is 10.3. The summed E-state index contributed by atoms with van der Waals surface area (Å²) in [5.41, 5.74) is 11.8. The highest BCUT2D eigenvalue weighted by Gasteiger charge is 2.16. The van der Waals surface area contributed by atoms with E-state index in [9.17, 15) is 0 Å². The number of fused-ring (bicyclic) bond motifs is 3. The molecule has 8 aromatic rings. The fourth-order valence-electron chi connectivity index (χ4n) is 6.23. The SMILES string of the molecule is Cc1ccccc1-n1ccnc1-c1ccc(-n2c3ccc(-c4ccccc4)cc3c3cc(-c4ccccc4)ccc32)cc1. The van der Waals surface area contributed by atoms with E-state index in [1.807, 2.05) is 12.4 Å². The predicted molar refractivity (Wildman–Crippen MR) is 179 cm³/mol. The Kier molecular flexibility index (Phi) is 6.01. The van der Waals surface area contributed by atoms with Crippen LogP contribution in [-0.2, 0) is 0 Å². The van der Waals surface area contributed by atoms with Gasteiger partial charge in [0.1, 0.15) is 5.82 Å². The number of benzene rings is 6. The number of hydrogen-bond donors (Lipinski definition) is 0. The number of nitrogens with zero attached hydrogens (tertiary/aromatic N) is 3. The van der Waals surface area contributed by atoms with E-state index >= 15 is 0 Å². The van der Waals surface area contributed by atoms with E-state index in [1.54, 1.807) is 0 Å². The van der Waals surface area contributed by atoms with Crippen molar-refractivity contribution in [2.45, 2.75) is 6.92 Å². The van der Waals surface area contributed by atoms with Gasteiger partial charge in [-0.3, -0.25) is 4.57 Å². The summed E-state index contributed by atoms with van der Waals surface area (Å²) < 4.78 is 4.55. The summed E-state index contributed by atoms with van der Waals surface area (Å²) in [4.78, 5) is 4.73. The molecule has 204 valence electrons. The quantitative estimate of drug-likeness (QED) is 0.209. The Morgan fingerprint density at radius 3 is 1.60 bits per heavy atom. The van der Waals surface area contributed by atoms with Crippen molar-refractivity contribution in [1.29, 1.82) is 0 Å². The average molecular weight is 552 g/mol. The Hall–Kier alpha value is -5.67. The van der Waals surface area contributed by atoms with Crippen molar-refractivity contribution in [3.63, 3.8) is 0 Å². The lowest BCUT2D eigenvalue weighted by molar-refractivity contribution is 1.05. The molecule has 0 N–H and O–H groups in total. The van der Waals surface area contributed by atoms with Crippen LogP contribution in [0.15, 0.2) is 158 Å². The van der Waals surface area contributed by atoms with E-state index in [1.165, 1.54) is 49.6 Å². The maximum Gasteiger partial charge on any atom is 0.144 e. The van der Waals surface area contributed by atoms with Crippen molar-refractivity contribution in [3.8, 4) is 45.0 Å². The molecule has 0 aliphatic heterocycles. The Morgan fingerprint density at radius 1 is 0.488 bits per heavy atom. The van der Waals surface area contributed by atoms with Crippen LogP contribution in [0.25, 0.3) is 66.8 Å². The van der Waals surface area contributed by atoms with E-state index in [0.29, 0.717) is 0 Å². The van der Waals surface area contributed by atoms with Crippen LogP contribution in [0, 0.1) is 6.92 Å². The lowest BCUT2D eigenvalue weighted by Gasteiger charge is -2.12. The number of hydrogen-bond acceptors (Lipinski definition) is 1. The highest BCUT2D eigenvalue weighted by Crippen LogP contribution is 2.37. The van der Waals surface area contributed by atoms with Gasteiger partial charge in [-0.1, -0.05) is 91.0 Å². The highest BCUT2D eigenvalue weighted by atomic mass is 15.1. The first-order valence-electron chi connectivity index (χ1n) is 14.6. The molecule has 0 saturated carbocycles. The summed E-state index contributed by atoms with van der Waals surface area (Å²) in [6.07, 6.45) is 3.91. The van der Waals surface area contributed by atoms with Gasteiger partial charge in [-0.25, -0.2) is 4.98 Å². The highest BCUT2D eigenvalue weighted by molar-refractivity contribution is 6.11. The zero-order valence-corrected chi connectivity index (χ0v) is 23.9. The summed E-state index contributed by atoms with van der Waals surface area (Å²) in [6, 6.07) is 52.1. The van der Waals surface area contributed by atoms with Crippen LogP contribution in [-0.4, -0.2) is 14.1 Å². The van der Waals surface area contributed by atoms with Gasteiger partial charge in [-0.2, -0.15) is 0 Å². The molecule has 0 aliphatic carbocycles. The van der Waals surface area contributed by atoms with Crippen LogP contribution in [0.1, 0.15) is 5.56 Å². The van der Waals surface area contributed by atoms with Crippen molar-refractivity contribution in [1.82, 2.24) is 14.1 Å². The van der Waals surface area contributed by atoms with Crippen LogP contribution in [0.3, 0.4) is 0 Å². The molecule has 43 heavy (non-hydrogen) atoms. The minimum atomic E-state index is 0.933. The molecule has 0 atom stereocenters. The maximum absolute atomic E-state index is 4.73. The third-order valence-corrected chi connectivity index (χ3v) is 8.38. The third kappa shape index (κ3) is 4.34. The van der Waals surface area contributed by atoms with Crippen LogP contribution in [0.5, 0.6) is 0 Å². The van der Waals surface area contributed by atoms with Gasteiger partial charge in [0, 0.05) is 40.1 Å². The van der Waals surface area contributed by atoms with E-state index in [4.69, 9.17) is 4.98 Å². The number of aromatic nitrogens is 3. The Bertz CT molecular complexity index is 2120. The van der Waals surface area contributed by atoms with Gasteiger partial charge in [0.2, 0.25) is 0 Å². The second-order valence-corrected chi connectivity index (χ2v) is 11.0. The fraction of sp³-hybridized carbons (Fsp3) is 0.0250. The number of rotatable bonds is 5. The van der Waals surface area contributed by atoms with Gasteiger partial charge in [-0.15, -0.1) is 0 Å². The summed E-state index contributed by atoms with van der Waals surface area (Å²) in [5.74, 6) is 0.933. The molecule has 8 rings (SSSR count). The molecule has 0 spiro atoms. The van der Waals surface area contributed by atoms with Crippen LogP contribution < -0.4 is 0 Å². The van der Waals surface area contributed by atoms with Gasteiger partial charge >= 0.3 is 0 Å². The van der Waals surface area contributed by atoms with Crippen LogP contribution >= 0.6 is 0 Å². The third-order valence-electron chi connectivity index (χ3n) is 8.38. The van der Waals surface area contributed by atoms with Crippen molar-refractivity contribution in [2.24, 2.45) is 0 Å². The van der Waals surface area contributed by atoms with Crippen molar-refractivity contribution < 1.29 is 0 Å². The van der Waals surface area contributed by atoms with E-state index in [2.05, 4.69) is 162 Å². The summed E-state index contributed by atoms with van der Waals surface area (Å²) in [6.45, 7) is 2.14. The molecule has 0 fully saturated rings. The van der Waals surface area contributed by atoms with E-state index < -0.39 is 0 Å². The smallest absolute Gasteiger partial charge is 0.144 e. The van der Waals surface area contributed by atoms with Crippen LogP contribution in [0.4, 0.5) is 0 Å². The van der Waals surface area contributed by atoms with Crippen molar-refractivity contribution in [2.75, 3.05) is 0 Å². The van der Waals surface area contributed by atoms with Crippen molar-refractivity contribution >= 4 is 21.8 Å². The molecule has 2 heterocycles. The van der Waals surface area contributed by atoms with E-state index in [0.717, 1.165) is 22.8 Å². The average Bonchev–Trinajstić information content (AvgIpc) is 3.68. The van der Waals surface area contributed by atoms with Gasteiger partial charge in [-0.05, 0) is 89.3 Å². The summed E-state index contributed by atoms with van der Waals surface area (Å²) >= 11 is 0. The Labute approximate surface area is 251 Å². The lowest BCUT2D eigenvalue weighted by Crippen LogP contribution is -1.99. The molecule has 0 aliphatic rings. The first-order chi connectivity index (χ1) is 21.2. The van der Waals surface area contributed by atoms with Gasteiger partial charge in [0.05, 0.1) is 11.0 Å². The molecule has 0 radical (unpaired) electrons. The number of imidazole rings is 1. The molecule has 3 heteroatoms. The molecule has 2 aromatic heterocycles. The van der Waals surface area contributed by atoms with Gasteiger partial charge < -0.3 is 4.57 Å². The second-order valence-electron chi connectivity index (χ2n) is 11.0. The molecule has 6 aromatic carbocycles. The normalized spacial score (nSPS) is 11.4. The first-order valence-corrected chi connectivity index (χ1v) is 14.6. The molecule has 0 saturated heterocycles. The fourth-order valence-corrected chi connectivity index (χ4v) is 6.23. The first kappa shape index (κ1) is 25.1. The zero-order chi connectivity index (χ0) is 28.8. The number of para-hydroxylation sites is 1. The van der Waals surface area contributed by atoms with Crippen molar-refractivity contribution in [3.05, 3.63) is 164 Å². The maximum atomic E-state index is 4.73. The van der Waals surface area contributed by atoms with E-state index in [-0.39, 0.29) is 0 Å². The predicted octanol–water partition coefficient (Wildman–Crippen LogP) is 10.3. The monoisotopic (exact) mass is 551 g/mol. The van der Waals surface area contributed by atoms with Gasteiger partial charge in [0.15, 0.2) is 0 Å². The molecule has 0 unspecified atom stereocenters. The lowest BCUT2D eigenvalue weighted by atomic mass is 10.0.